The Hall–Kier alpha value is -2.12. The molecule has 2 fully saturated rings. The van der Waals surface area contributed by atoms with E-state index >= 15 is 0 Å². The first kappa shape index (κ1) is 15.4. The zero-order valence-electron chi connectivity index (χ0n) is 14.1. The molecule has 4 rings (SSSR count). The van der Waals surface area contributed by atoms with Crippen molar-refractivity contribution in [1.29, 1.82) is 0 Å². The van der Waals surface area contributed by atoms with Crippen molar-refractivity contribution in [2.75, 3.05) is 33.3 Å². The summed E-state index contributed by atoms with van der Waals surface area (Å²) >= 11 is 0. The first-order valence-electron chi connectivity index (χ1n) is 8.41. The van der Waals surface area contributed by atoms with E-state index in [2.05, 4.69) is 17.0 Å². The first-order valence-corrected chi connectivity index (χ1v) is 8.41. The summed E-state index contributed by atoms with van der Waals surface area (Å²) < 4.78 is 9.59. The minimum Gasteiger partial charge on any atom is -0.374 e. The molecule has 24 heavy (non-hydrogen) atoms. The third kappa shape index (κ3) is 2.53. The summed E-state index contributed by atoms with van der Waals surface area (Å²) in [6.45, 7) is 3.11. The number of fused-ring (bicyclic) bond motifs is 1. The molecule has 2 saturated heterocycles. The van der Waals surface area contributed by atoms with Crippen molar-refractivity contribution in [3.8, 4) is 5.82 Å². The fourth-order valence-electron chi connectivity index (χ4n) is 3.80. The van der Waals surface area contributed by atoms with Gasteiger partial charge in [0, 0.05) is 39.1 Å². The largest absolute Gasteiger partial charge is 0.374 e. The number of aromatic nitrogens is 3. The maximum Gasteiger partial charge on any atom is 0.259 e. The van der Waals surface area contributed by atoms with E-state index in [0.717, 1.165) is 25.3 Å². The normalized spacial score (nSPS) is 24.8. The molecule has 0 spiro atoms. The molecule has 0 N–H and O–H groups in total. The number of morpholine rings is 1. The van der Waals surface area contributed by atoms with Gasteiger partial charge in [0.1, 0.15) is 11.4 Å². The Bertz CT molecular complexity index is 723. The first-order chi connectivity index (χ1) is 11.6. The molecule has 2 aromatic rings. The van der Waals surface area contributed by atoms with E-state index in [9.17, 15) is 4.79 Å². The molecule has 128 valence electrons. The van der Waals surface area contributed by atoms with E-state index in [1.807, 2.05) is 41.0 Å². The second kappa shape index (κ2) is 6.07. The van der Waals surface area contributed by atoms with Crippen molar-refractivity contribution in [2.24, 2.45) is 7.05 Å². The summed E-state index contributed by atoms with van der Waals surface area (Å²) in [5.41, 5.74) is 0.641. The maximum atomic E-state index is 13.3. The number of likely N-dealkylation sites (tertiary alicyclic amines) is 1. The van der Waals surface area contributed by atoms with E-state index in [-0.39, 0.29) is 18.1 Å². The number of carbonyl (C=O) groups excluding carboxylic acids is 1. The molecule has 0 saturated carbocycles. The van der Waals surface area contributed by atoms with E-state index in [4.69, 9.17) is 4.74 Å². The smallest absolute Gasteiger partial charge is 0.259 e. The van der Waals surface area contributed by atoms with Crippen molar-refractivity contribution in [2.45, 2.75) is 18.6 Å². The van der Waals surface area contributed by atoms with Gasteiger partial charge in [-0.25, -0.2) is 0 Å². The van der Waals surface area contributed by atoms with Crippen LogP contribution in [0.15, 0.2) is 30.7 Å². The molecular formula is C17H23N5O2. The van der Waals surface area contributed by atoms with Crippen molar-refractivity contribution in [3.63, 3.8) is 0 Å². The summed E-state index contributed by atoms with van der Waals surface area (Å²) in [7, 11) is 3.96. The molecule has 2 aromatic heterocycles. The molecule has 7 nitrogen and oxygen atoms in total. The highest BCUT2D eigenvalue weighted by atomic mass is 16.5. The second-order valence-electron chi connectivity index (χ2n) is 6.62. The van der Waals surface area contributed by atoms with Crippen LogP contribution in [0.5, 0.6) is 0 Å². The monoisotopic (exact) mass is 329 g/mol. The minimum atomic E-state index is 0.0420. The Morgan fingerprint density at radius 3 is 2.83 bits per heavy atom. The highest BCUT2D eigenvalue weighted by Gasteiger charge is 2.39. The van der Waals surface area contributed by atoms with Crippen LogP contribution in [0.3, 0.4) is 0 Å². The van der Waals surface area contributed by atoms with Crippen molar-refractivity contribution in [1.82, 2.24) is 24.1 Å². The van der Waals surface area contributed by atoms with Gasteiger partial charge in [-0.05, 0) is 25.6 Å². The molecule has 2 aliphatic rings. The van der Waals surface area contributed by atoms with Crippen LogP contribution in [0.25, 0.3) is 5.82 Å². The zero-order valence-corrected chi connectivity index (χ0v) is 14.1. The van der Waals surface area contributed by atoms with Crippen molar-refractivity contribution in [3.05, 3.63) is 36.3 Å². The van der Waals surface area contributed by atoms with Crippen LogP contribution in [0.1, 0.15) is 16.8 Å². The van der Waals surface area contributed by atoms with E-state index in [1.54, 1.807) is 10.9 Å². The fraction of sp³-hybridized carbons (Fsp3) is 0.529. The number of ether oxygens (including phenoxy) is 1. The van der Waals surface area contributed by atoms with Gasteiger partial charge >= 0.3 is 0 Å². The number of aryl methyl sites for hydroxylation is 1. The van der Waals surface area contributed by atoms with Gasteiger partial charge in [-0.15, -0.1) is 0 Å². The highest BCUT2D eigenvalue weighted by molar-refractivity contribution is 5.97. The topological polar surface area (TPSA) is 55.5 Å². The number of hydrogen-bond donors (Lipinski definition) is 0. The van der Waals surface area contributed by atoms with Gasteiger partial charge in [-0.1, -0.05) is 0 Å². The molecule has 7 heteroatoms. The molecule has 0 aromatic carbocycles. The summed E-state index contributed by atoms with van der Waals surface area (Å²) in [5.74, 6) is 0.845. The quantitative estimate of drug-likeness (QED) is 0.816. The molecule has 0 aliphatic carbocycles. The summed E-state index contributed by atoms with van der Waals surface area (Å²) in [6, 6.07) is 4.01. The molecule has 2 atom stereocenters. The van der Waals surface area contributed by atoms with Gasteiger partial charge in [0.15, 0.2) is 0 Å². The van der Waals surface area contributed by atoms with Gasteiger partial charge in [0.05, 0.1) is 24.9 Å². The molecule has 0 radical (unpaired) electrons. The average Bonchev–Trinajstić information content (AvgIpc) is 3.22. The van der Waals surface area contributed by atoms with Crippen LogP contribution in [-0.4, -0.2) is 75.5 Å². The molecule has 2 aliphatic heterocycles. The maximum absolute atomic E-state index is 13.3. The summed E-state index contributed by atoms with van der Waals surface area (Å²) in [4.78, 5) is 17.5. The lowest BCUT2D eigenvalue weighted by atomic mass is 9.98. The average molecular weight is 329 g/mol. The number of amides is 1. The zero-order chi connectivity index (χ0) is 16.7. The predicted molar refractivity (Wildman–Crippen MR) is 89.2 cm³/mol. The molecule has 1 amide bonds. The molecular weight excluding hydrogens is 306 g/mol. The van der Waals surface area contributed by atoms with Crippen molar-refractivity contribution >= 4 is 5.91 Å². The Morgan fingerprint density at radius 1 is 1.25 bits per heavy atom. The number of rotatable bonds is 2. The lowest BCUT2D eigenvalue weighted by Gasteiger charge is -2.46. The predicted octanol–water partition coefficient (Wildman–Crippen LogP) is 0.756. The lowest BCUT2D eigenvalue weighted by molar-refractivity contribution is -0.0869. The second-order valence-corrected chi connectivity index (χ2v) is 6.62. The Morgan fingerprint density at radius 2 is 2.04 bits per heavy atom. The minimum absolute atomic E-state index is 0.0420. The lowest BCUT2D eigenvalue weighted by Crippen LogP contribution is -2.60. The van der Waals surface area contributed by atoms with Crippen LogP contribution in [-0.2, 0) is 11.8 Å². The van der Waals surface area contributed by atoms with E-state index in [1.165, 1.54) is 0 Å². The van der Waals surface area contributed by atoms with Gasteiger partial charge in [-0.2, -0.15) is 5.10 Å². The third-order valence-corrected chi connectivity index (χ3v) is 5.04. The van der Waals surface area contributed by atoms with Crippen LogP contribution < -0.4 is 0 Å². The van der Waals surface area contributed by atoms with Crippen LogP contribution >= 0.6 is 0 Å². The van der Waals surface area contributed by atoms with E-state index in [0.29, 0.717) is 18.7 Å². The summed E-state index contributed by atoms with van der Waals surface area (Å²) in [6.07, 6.45) is 6.66. The highest BCUT2D eigenvalue weighted by Crippen LogP contribution is 2.25. The number of likely N-dealkylation sites (N-methyl/N-ethyl adjacent to an activating group) is 1. The molecule has 0 unspecified atom stereocenters. The number of piperidine rings is 1. The number of carbonyl (C=O) groups is 1. The van der Waals surface area contributed by atoms with Gasteiger partial charge < -0.3 is 19.1 Å². The van der Waals surface area contributed by atoms with Gasteiger partial charge in [0.2, 0.25) is 0 Å². The number of nitrogens with zero attached hydrogens (tertiary/aromatic N) is 5. The van der Waals surface area contributed by atoms with E-state index < -0.39 is 0 Å². The van der Waals surface area contributed by atoms with Crippen molar-refractivity contribution < 1.29 is 9.53 Å². The van der Waals surface area contributed by atoms with Crippen LogP contribution in [0, 0.1) is 0 Å². The Kier molecular flexibility index (Phi) is 3.90. The Labute approximate surface area is 141 Å². The van der Waals surface area contributed by atoms with Crippen LogP contribution in [0.4, 0.5) is 0 Å². The van der Waals surface area contributed by atoms with Gasteiger partial charge in [0.25, 0.3) is 5.91 Å². The Balaban J connectivity index is 1.66. The van der Waals surface area contributed by atoms with Crippen LogP contribution in [0.2, 0.25) is 0 Å². The molecule has 0 bridgehead atoms. The third-order valence-electron chi connectivity index (χ3n) is 5.04. The van der Waals surface area contributed by atoms with Gasteiger partial charge in [-0.3, -0.25) is 9.48 Å². The summed E-state index contributed by atoms with van der Waals surface area (Å²) in [5, 5.41) is 4.31. The number of hydrogen-bond acceptors (Lipinski definition) is 4. The standard InChI is InChI=1S/C17H23N5O2/c1-19-8-5-15-14(12-19)22(9-10-24-15)17(23)13-11-18-20(2)16(13)21-6-3-4-7-21/h3-4,6-7,11,14-15H,5,8-10,12H2,1-2H3/t14-,15-/m0/s1. The fourth-order valence-corrected chi connectivity index (χ4v) is 3.80. The SMILES string of the molecule is CN1CC[C@@H]2OCCN(C(=O)c3cnn(C)c3-n3cccc3)[C@H]2C1. The molecule has 4 heterocycles.